The van der Waals surface area contributed by atoms with Crippen LogP contribution < -0.4 is 0 Å². The Kier molecular flexibility index (Phi) is 4.71. The van der Waals surface area contributed by atoms with Crippen molar-refractivity contribution in [3.8, 4) is 6.07 Å². The average Bonchev–Trinajstić information content (AvgIpc) is 2.37. The van der Waals surface area contributed by atoms with Gasteiger partial charge in [-0.15, -0.1) is 0 Å². The Labute approximate surface area is 103 Å². The standard InChI is InChI=1S/C14H18N2O/c1-4-11(2)10-16(3)14(17)13-7-5-12(9-15)6-8-13/h5-8,11H,4,10H2,1-3H3. The summed E-state index contributed by atoms with van der Waals surface area (Å²) in [7, 11) is 1.81. The molecule has 3 heteroatoms. The molecule has 0 saturated carbocycles. The average molecular weight is 230 g/mol. The lowest BCUT2D eigenvalue weighted by molar-refractivity contribution is 0.0775. The second-order valence-corrected chi connectivity index (χ2v) is 4.39. The maximum Gasteiger partial charge on any atom is 0.253 e. The number of rotatable bonds is 4. The third kappa shape index (κ3) is 3.60. The van der Waals surface area contributed by atoms with Crippen molar-refractivity contribution in [2.75, 3.05) is 13.6 Å². The topological polar surface area (TPSA) is 44.1 Å². The summed E-state index contributed by atoms with van der Waals surface area (Å²) in [5.41, 5.74) is 1.21. The van der Waals surface area contributed by atoms with E-state index < -0.39 is 0 Å². The highest BCUT2D eigenvalue weighted by atomic mass is 16.2. The molecular weight excluding hydrogens is 212 g/mol. The number of hydrogen-bond donors (Lipinski definition) is 0. The third-order valence-electron chi connectivity index (χ3n) is 2.89. The van der Waals surface area contributed by atoms with Crippen LogP contribution in [0.1, 0.15) is 36.2 Å². The first-order valence-electron chi connectivity index (χ1n) is 5.84. The maximum atomic E-state index is 12.0. The molecule has 0 N–H and O–H groups in total. The molecule has 0 spiro atoms. The van der Waals surface area contributed by atoms with Crippen LogP contribution in [0.4, 0.5) is 0 Å². The molecule has 3 nitrogen and oxygen atoms in total. The Morgan fingerprint density at radius 2 is 2.00 bits per heavy atom. The van der Waals surface area contributed by atoms with E-state index in [-0.39, 0.29) is 5.91 Å². The summed E-state index contributed by atoms with van der Waals surface area (Å²) in [4.78, 5) is 13.8. The number of benzene rings is 1. The van der Waals surface area contributed by atoms with Gasteiger partial charge >= 0.3 is 0 Å². The van der Waals surface area contributed by atoms with Gasteiger partial charge in [0.2, 0.25) is 0 Å². The van der Waals surface area contributed by atoms with Crippen LogP contribution in [0.5, 0.6) is 0 Å². The van der Waals surface area contributed by atoms with Gasteiger partial charge < -0.3 is 4.90 Å². The molecule has 0 aliphatic rings. The number of hydrogen-bond acceptors (Lipinski definition) is 2. The first-order chi connectivity index (χ1) is 8.08. The van der Waals surface area contributed by atoms with Crippen molar-refractivity contribution in [2.24, 2.45) is 5.92 Å². The molecule has 1 atom stereocenters. The van der Waals surface area contributed by atoms with Crippen molar-refractivity contribution in [3.05, 3.63) is 35.4 Å². The number of amides is 1. The van der Waals surface area contributed by atoms with Crippen LogP contribution in [0.3, 0.4) is 0 Å². The molecule has 17 heavy (non-hydrogen) atoms. The molecule has 0 aliphatic heterocycles. The lowest BCUT2D eigenvalue weighted by atomic mass is 10.1. The van der Waals surface area contributed by atoms with Crippen molar-refractivity contribution in [1.82, 2.24) is 4.90 Å². The van der Waals surface area contributed by atoms with Crippen LogP contribution in [0.15, 0.2) is 24.3 Å². The number of carbonyl (C=O) groups is 1. The van der Waals surface area contributed by atoms with Gasteiger partial charge in [0.25, 0.3) is 5.91 Å². The molecule has 1 unspecified atom stereocenters. The fourth-order valence-electron chi connectivity index (χ4n) is 1.59. The smallest absolute Gasteiger partial charge is 0.253 e. The zero-order chi connectivity index (χ0) is 12.8. The quantitative estimate of drug-likeness (QED) is 0.798. The van der Waals surface area contributed by atoms with Crippen molar-refractivity contribution in [3.63, 3.8) is 0 Å². The van der Waals surface area contributed by atoms with E-state index in [0.29, 0.717) is 17.0 Å². The van der Waals surface area contributed by atoms with E-state index in [1.54, 1.807) is 29.2 Å². The number of carbonyl (C=O) groups excluding carboxylic acids is 1. The van der Waals surface area contributed by atoms with Crippen LogP contribution in [0.25, 0.3) is 0 Å². The van der Waals surface area contributed by atoms with Crippen LogP contribution in [-0.2, 0) is 0 Å². The summed E-state index contributed by atoms with van der Waals surface area (Å²) >= 11 is 0. The zero-order valence-electron chi connectivity index (χ0n) is 10.6. The van der Waals surface area contributed by atoms with E-state index in [9.17, 15) is 4.79 Å². The van der Waals surface area contributed by atoms with Crippen molar-refractivity contribution >= 4 is 5.91 Å². The third-order valence-corrected chi connectivity index (χ3v) is 2.89. The van der Waals surface area contributed by atoms with Crippen molar-refractivity contribution < 1.29 is 4.79 Å². The van der Waals surface area contributed by atoms with Gasteiger partial charge in [0.05, 0.1) is 11.6 Å². The van der Waals surface area contributed by atoms with E-state index in [4.69, 9.17) is 5.26 Å². The van der Waals surface area contributed by atoms with Crippen molar-refractivity contribution in [1.29, 1.82) is 5.26 Å². The van der Waals surface area contributed by atoms with Crippen LogP contribution in [0, 0.1) is 17.2 Å². The molecule has 0 aromatic heterocycles. The molecule has 1 aromatic rings. The monoisotopic (exact) mass is 230 g/mol. The second-order valence-electron chi connectivity index (χ2n) is 4.39. The summed E-state index contributed by atoms with van der Waals surface area (Å²) in [5, 5.41) is 8.68. The molecular formula is C14H18N2O. The first-order valence-corrected chi connectivity index (χ1v) is 5.84. The predicted molar refractivity (Wildman–Crippen MR) is 67.6 cm³/mol. The molecule has 0 fully saturated rings. The van der Waals surface area contributed by atoms with Crippen molar-refractivity contribution in [2.45, 2.75) is 20.3 Å². The molecule has 0 radical (unpaired) electrons. The normalized spacial score (nSPS) is 11.6. The molecule has 0 aliphatic carbocycles. The molecule has 1 amide bonds. The lowest BCUT2D eigenvalue weighted by Crippen LogP contribution is -2.30. The van der Waals surface area contributed by atoms with Crippen LogP contribution in [-0.4, -0.2) is 24.4 Å². The van der Waals surface area contributed by atoms with Gasteiger partial charge in [-0.1, -0.05) is 20.3 Å². The van der Waals surface area contributed by atoms with Gasteiger partial charge in [0.1, 0.15) is 0 Å². The van der Waals surface area contributed by atoms with Gasteiger partial charge in [-0.2, -0.15) is 5.26 Å². The first kappa shape index (κ1) is 13.2. The zero-order valence-corrected chi connectivity index (χ0v) is 10.6. The predicted octanol–water partition coefficient (Wildman–Crippen LogP) is 2.68. The fourth-order valence-corrected chi connectivity index (χ4v) is 1.59. The van der Waals surface area contributed by atoms with Gasteiger partial charge in [0, 0.05) is 19.2 Å². The van der Waals surface area contributed by atoms with Gasteiger partial charge in [-0.25, -0.2) is 0 Å². The largest absolute Gasteiger partial charge is 0.341 e. The van der Waals surface area contributed by atoms with E-state index >= 15 is 0 Å². The van der Waals surface area contributed by atoms with E-state index in [1.165, 1.54) is 0 Å². The molecule has 1 aromatic carbocycles. The fraction of sp³-hybridized carbons (Fsp3) is 0.429. The van der Waals surface area contributed by atoms with E-state index in [2.05, 4.69) is 13.8 Å². The van der Waals surface area contributed by atoms with Gasteiger partial charge in [-0.05, 0) is 30.2 Å². The van der Waals surface area contributed by atoms with E-state index in [0.717, 1.165) is 13.0 Å². The minimum atomic E-state index is 0.00906. The lowest BCUT2D eigenvalue weighted by Gasteiger charge is -2.20. The molecule has 90 valence electrons. The van der Waals surface area contributed by atoms with Gasteiger partial charge in [-0.3, -0.25) is 4.79 Å². The highest BCUT2D eigenvalue weighted by molar-refractivity contribution is 5.94. The van der Waals surface area contributed by atoms with Crippen LogP contribution in [0.2, 0.25) is 0 Å². The summed E-state index contributed by atoms with van der Waals surface area (Å²) < 4.78 is 0. The van der Waals surface area contributed by atoms with E-state index in [1.807, 2.05) is 13.1 Å². The molecule has 1 rings (SSSR count). The summed E-state index contributed by atoms with van der Waals surface area (Å²) in [6.07, 6.45) is 1.06. The van der Waals surface area contributed by atoms with Crippen LogP contribution >= 0.6 is 0 Å². The second kappa shape index (κ2) is 6.05. The molecule has 0 bridgehead atoms. The van der Waals surface area contributed by atoms with Gasteiger partial charge in [0.15, 0.2) is 0 Å². The SMILES string of the molecule is CCC(C)CN(C)C(=O)c1ccc(C#N)cc1. The maximum absolute atomic E-state index is 12.0. The molecule has 0 saturated heterocycles. The Balaban J connectivity index is 2.72. The summed E-state index contributed by atoms with van der Waals surface area (Å²) in [6.45, 7) is 5.00. The Morgan fingerprint density at radius 1 is 1.41 bits per heavy atom. The molecule has 0 heterocycles. The minimum absolute atomic E-state index is 0.00906. The summed E-state index contributed by atoms with van der Waals surface area (Å²) in [5.74, 6) is 0.511. The minimum Gasteiger partial charge on any atom is -0.341 e. The Hall–Kier alpha value is -1.82. The Morgan fingerprint density at radius 3 is 2.47 bits per heavy atom. The number of nitrogens with zero attached hydrogens (tertiary/aromatic N) is 2. The number of nitriles is 1. The highest BCUT2D eigenvalue weighted by Crippen LogP contribution is 2.09. The Bertz CT molecular complexity index is 417. The highest BCUT2D eigenvalue weighted by Gasteiger charge is 2.13. The summed E-state index contributed by atoms with van der Waals surface area (Å²) in [6, 6.07) is 8.79.